The van der Waals surface area contributed by atoms with E-state index >= 15 is 0 Å². The lowest BCUT2D eigenvalue weighted by Gasteiger charge is -2.22. The molecule has 7 nitrogen and oxygen atoms in total. The molecule has 1 amide bonds. The second-order valence-corrected chi connectivity index (χ2v) is 5.53. The monoisotopic (exact) mass is 295 g/mol. The van der Waals surface area contributed by atoms with Gasteiger partial charge in [0.25, 0.3) is 0 Å². The van der Waals surface area contributed by atoms with Crippen molar-refractivity contribution in [3.63, 3.8) is 0 Å². The van der Waals surface area contributed by atoms with Crippen LogP contribution >= 0.6 is 0 Å². The first-order valence-electron chi connectivity index (χ1n) is 6.38. The molecule has 0 radical (unpaired) electrons. The molecular formula is C14H17NO6. The summed E-state index contributed by atoms with van der Waals surface area (Å²) in [5.41, 5.74) is -0.334. The maximum absolute atomic E-state index is 11.7. The van der Waals surface area contributed by atoms with Crippen LogP contribution in [-0.2, 0) is 9.53 Å². The number of carboxylic acids is 1. The molecule has 2 N–H and O–H groups in total. The number of ether oxygens (including phenoxy) is 3. The molecule has 114 valence electrons. The van der Waals surface area contributed by atoms with Crippen molar-refractivity contribution in [1.82, 2.24) is 5.32 Å². The van der Waals surface area contributed by atoms with Crippen LogP contribution in [0.1, 0.15) is 32.4 Å². The number of hydrogen-bond acceptors (Lipinski definition) is 5. The summed E-state index contributed by atoms with van der Waals surface area (Å²) in [5.74, 6) is -0.204. The lowest BCUT2D eigenvalue weighted by Crippen LogP contribution is -2.38. The molecule has 1 aromatic carbocycles. The number of amides is 1. The zero-order valence-corrected chi connectivity index (χ0v) is 12.0. The summed E-state index contributed by atoms with van der Waals surface area (Å²) in [6.45, 7) is 5.19. The Balaban J connectivity index is 2.16. The van der Waals surface area contributed by atoms with Crippen molar-refractivity contribution in [2.75, 3.05) is 6.79 Å². The highest BCUT2D eigenvalue weighted by Crippen LogP contribution is 2.34. The topological polar surface area (TPSA) is 94.1 Å². The summed E-state index contributed by atoms with van der Waals surface area (Å²) in [7, 11) is 0. The summed E-state index contributed by atoms with van der Waals surface area (Å²) >= 11 is 0. The third kappa shape index (κ3) is 3.77. The van der Waals surface area contributed by atoms with Crippen molar-refractivity contribution >= 4 is 12.1 Å². The lowest BCUT2D eigenvalue weighted by atomic mass is 10.1. The second kappa shape index (κ2) is 5.51. The average Bonchev–Trinajstić information content (AvgIpc) is 2.80. The molecule has 1 aliphatic heterocycles. The highest BCUT2D eigenvalue weighted by molar-refractivity contribution is 5.81. The molecule has 0 bridgehead atoms. The second-order valence-electron chi connectivity index (χ2n) is 5.53. The van der Waals surface area contributed by atoms with Crippen LogP contribution < -0.4 is 14.8 Å². The molecule has 1 atom stereocenters. The van der Waals surface area contributed by atoms with Gasteiger partial charge in [0, 0.05) is 0 Å². The average molecular weight is 295 g/mol. The SMILES string of the molecule is CC(C)(C)OC(=O)N[C@@H](C(=O)O)c1ccc2c(c1)OCO2. The maximum Gasteiger partial charge on any atom is 0.408 e. The van der Waals surface area contributed by atoms with Crippen molar-refractivity contribution in [3.05, 3.63) is 23.8 Å². The van der Waals surface area contributed by atoms with Gasteiger partial charge in [-0.15, -0.1) is 0 Å². The summed E-state index contributed by atoms with van der Waals surface area (Å²) in [4.78, 5) is 23.1. The molecule has 2 rings (SSSR count). The van der Waals surface area contributed by atoms with Crippen LogP contribution in [0.4, 0.5) is 4.79 Å². The van der Waals surface area contributed by atoms with Crippen LogP contribution in [0.5, 0.6) is 11.5 Å². The minimum atomic E-state index is -1.23. The van der Waals surface area contributed by atoms with E-state index in [1.807, 2.05) is 0 Å². The molecule has 1 aromatic rings. The number of nitrogens with one attached hydrogen (secondary N) is 1. The zero-order valence-electron chi connectivity index (χ0n) is 12.0. The molecule has 7 heteroatoms. The molecule has 0 unspecified atom stereocenters. The molecule has 0 saturated carbocycles. The first kappa shape index (κ1) is 15.0. The standard InChI is InChI=1S/C14H17NO6/c1-14(2,3)21-13(18)15-11(12(16)17)8-4-5-9-10(6-8)20-7-19-9/h4-6,11H,7H2,1-3H3,(H,15,18)(H,16,17)/t11-/m1/s1. The van der Waals surface area contributed by atoms with Crippen molar-refractivity contribution < 1.29 is 28.9 Å². The predicted molar refractivity (Wildman–Crippen MR) is 72.3 cm³/mol. The van der Waals surface area contributed by atoms with Crippen LogP contribution in [0, 0.1) is 0 Å². The zero-order chi connectivity index (χ0) is 15.6. The largest absolute Gasteiger partial charge is 0.479 e. The van der Waals surface area contributed by atoms with Gasteiger partial charge in [0.2, 0.25) is 6.79 Å². The van der Waals surface area contributed by atoms with Crippen LogP contribution in [0.25, 0.3) is 0 Å². The quantitative estimate of drug-likeness (QED) is 0.886. The number of alkyl carbamates (subject to hydrolysis) is 1. The first-order valence-corrected chi connectivity index (χ1v) is 6.38. The van der Waals surface area contributed by atoms with Gasteiger partial charge in [0.1, 0.15) is 5.60 Å². The fourth-order valence-electron chi connectivity index (χ4n) is 1.81. The van der Waals surface area contributed by atoms with Crippen molar-refractivity contribution in [1.29, 1.82) is 0 Å². The minimum Gasteiger partial charge on any atom is -0.479 e. The number of carbonyl (C=O) groups is 2. The highest BCUT2D eigenvalue weighted by atomic mass is 16.7. The third-order valence-electron chi connectivity index (χ3n) is 2.64. The van der Waals surface area contributed by atoms with Gasteiger partial charge >= 0.3 is 12.1 Å². The highest BCUT2D eigenvalue weighted by Gasteiger charge is 2.27. The minimum absolute atomic E-state index is 0.0933. The van der Waals surface area contributed by atoms with E-state index in [9.17, 15) is 14.7 Å². The molecule has 0 aliphatic carbocycles. The summed E-state index contributed by atoms with van der Waals surface area (Å²) < 4.78 is 15.4. The van der Waals surface area contributed by atoms with Crippen LogP contribution in [0.15, 0.2) is 18.2 Å². The van der Waals surface area contributed by atoms with Crippen LogP contribution in [0.2, 0.25) is 0 Å². The number of aliphatic carboxylic acids is 1. The molecule has 0 saturated heterocycles. The van der Waals surface area contributed by atoms with Gasteiger partial charge in [0.05, 0.1) is 0 Å². The van der Waals surface area contributed by atoms with Gasteiger partial charge in [-0.25, -0.2) is 9.59 Å². The Hall–Kier alpha value is -2.44. The van der Waals surface area contributed by atoms with Crippen LogP contribution in [-0.4, -0.2) is 29.6 Å². The van der Waals surface area contributed by atoms with Gasteiger partial charge in [0.15, 0.2) is 17.5 Å². The lowest BCUT2D eigenvalue weighted by molar-refractivity contribution is -0.139. The number of carbonyl (C=O) groups excluding carboxylic acids is 1. The Labute approximate surface area is 121 Å². The van der Waals surface area contributed by atoms with Crippen molar-refractivity contribution in [2.45, 2.75) is 32.4 Å². The van der Waals surface area contributed by atoms with E-state index in [-0.39, 0.29) is 6.79 Å². The third-order valence-corrected chi connectivity index (χ3v) is 2.64. The number of fused-ring (bicyclic) bond motifs is 1. The van der Waals surface area contributed by atoms with Gasteiger partial charge in [-0.1, -0.05) is 6.07 Å². The van der Waals surface area contributed by atoms with E-state index in [1.165, 1.54) is 6.07 Å². The van der Waals surface area contributed by atoms with Crippen molar-refractivity contribution in [3.8, 4) is 11.5 Å². The van der Waals surface area contributed by atoms with Gasteiger partial charge in [-0.2, -0.15) is 0 Å². The smallest absolute Gasteiger partial charge is 0.408 e. The molecule has 0 aromatic heterocycles. The number of hydrogen-bond donors (Lipinski definition) is 2. The van der Waals surface area contributed by atoms with Gasteiger partial charge in [-0.05, 0) is 38.5 Å². The van der Waals surface area contributed by atoms with E-state index in [0.717, 1.165) is 0 Å². The predicted octanol–water partition coefficient (Wildman–Crippen LogP) is 2.07. The molecule has 0 fully saturated rings. The molecular weight excluding hydrogens is 278 g/mol. The molecule has 1 aliphatic rings. The van der Waals surface area contributed by atoms with E-state index in [4.69, 9.17) is 14.2 Å². The Morgan fingerprint density at radius 1 is 1.29 bits per heavy atom. The normalized spacial score (nSPS) is 14.4. The molecule has 1 heterocycles. The Kier molecular flexibility index (Phi) is 3.93. The first-order chi connectivity index (χ1) is 9.76. The van der Waals surface area contributed by atoms with E-state index < -0.39 is 23.7 Å². The summed E-state index contributed by atoms with van der Waals surface area (Å²) in [5, 5.41) is 11.6. The fraction of sp³-hybridized carbons (Fsp3) is 0.429. The fourth-order valence-corrected chi connectivity index (χ4v) is 1.81. The van der Waals surface area contributed by atoms with Gasteiger partial charge < -0.3 is 24.6 Å². The Morgan fingerprint density at radius 3 is 2.57 bits per heavy atom. The summed E-state index contributed by atoms with van der Waals surface area (Å²) in [6.07, 6.45) is -0.799. The molecule has 0 spiro atoms. The Morgan fingerprint density at radius 2 is 1.95 bits per heavy atom. The van der Waals surface area contributed by atoms with E-state index in [0.29, 0.717) is 17.1 Å². The van der Waals surface area contributed by atoms with E-state index in [2.05, 4.69) is 5.32 Å². The number of carboxylic acid groups (broad SMARTS) is 1. The number of benzene rings is 1. The Bertz CT molecular complexity index is 563. The van der Waals surface area contributed by atoms with Crippen molar-refractivity contribution in [2.24, 2.45) is 0 Å². The summed E-state index contributed by atoms with van der Waals surface area (Å²) in [6, 6.07) is 3.46. The molecule has 21 heavy (non-hydrogen) atoms. The van der Waals surface area contributed by atoms with Gasteiger partial charge in [-0.3, -0.25) is 0 Å². The number of rotatable bonds is 3. The van der Waals surface area contributed by atoms with Crippen LogP contribution in [0.3, 0.4) is 0 Å². The maximum atomic E-state index is 11.7. The van der Waals surface area contributed by atoms with E-state index in [1.54, 1.807) is 32.9 Å².